The minimum Gasteiger partial charge on any atom is -0.294 e. The number of benzene rings is 1. The molecule has 0 aliphatic rings. The lowest BCUT2D eigenvalue weighted by atomic mass is 10.1. The number of Topliss-reactive ketones (excluding diaryl/α,β-unsaturated/α-hetero) is 1. The fourth-order valence-corrected chi connectivity index (χ4v) is 1.34. The standard InChI is InChI=1S/C8H5ClFNO3/c1-4(12)5-2-3-6(10)8(7(5)9)11(13)14/h2-3H,1H3. The maximum Gasteiger partial charge on any atom is 0.323 e. The molecule has 6 heteroatoms. The van der Waals surface area contributed by atoms with Gasteiger partial charge in [0, 0.05) is 5.56 Å². The third-order valence-corrected chi connectivity index (χ3v) is 2.01. The molecule has 0 N–H and O–H groups in total. The molecule has 0 atom stereocenters. The molecule has 0 unspecified atom stereocenters. The van der Waals surface area contributed by atoms with Gasteiger partial charge in [-0.05, 0) is 19.1 Å². The van der Waals surface area contributed by atoms with E-state index in [9.17, 15) is 19.3 Å². The average Bonchev–Trinajstić information content (AvgIpc) is 2.02. The first kappa shape index (κ1) is 10.6. The number of carbonyl (C=O) groups is 1. The molecule has 1 aromatic carbocycles. The second-order valence-electron chi connectivity index (χ2n) is 2.57. The second kappa shape index (κ2) is 3.71. The van der Waals surface area contributed by atoms with Crippen LogP contribution >= 0.6 is 11.6 Å². The molecule has 0 heterocycles. The van der Waals surface area contributed by atoms with Crippen LogP contribution in [0.3, 0.4) is 0 Å². The Morgan fingerprint density at radius 3 is 2.57 bits per heavy atom. The molecule has 0 aromatic heterocycles. The van der Waals surface area contributed by atoms with E-state index < -0.39 is 27.2 Å². The first-order valence-corrected chi connectivity index (χ1v) is 3.96. The van der Waals surface area contributed by atoms with Gasteiger partial charge in [-0.2, -0.15) is 4.39 Å². The minimum absolute atomic E-state index is 0.0558. The van der Waals surface area contributed by atoms with Crippen molar-refractivity contribution < 1.29 is 14.1 Å². The van der Waals surface area contributed by atoms with Gasteiger partial charge in [-0.3, -0.25) is 14.9 Å². The fraction of sp³-hybridized carbons (Fsp3) is 0.125. The summed E-state index contributed by atoms with van der Waals surface area (Å²) in [6.45, 7) is 1.20. The summed E-state index contributed by atoms with van der Waals surface area (Å²) >= 11 is 5.50. The Balaban J connectivity index is 3.49. The Labute approximate surface area is 83.4 Å². The monoisotopic (exact) mass is 217 g/mol. The van der Waals surface area contributed by atoms with Crippen LogP contribution in [-0.2, 0) is 0 Å². The molecular formula is C8H5ClFNO3. The second-order valence-corrected chi connectivity index (χ2v) is 2.95. The Hall–Kier alpha value is -1.49. The molecule has 1 rings (SSSR count). The number of ketones is 1. The fourth-order valence-electron chi connectivity index (χ4n) is 0.980. The number of hydrogen-bond donors (Lipinski definition) is 0. The van der Waals surface area contributed by atoms with E-state index in [4.69, 9.17) is 11.6 Å². The topological polar surface area (TPSA) is 60.2 Å². The van der Waals surface area contributed by atoms with Crippen LogP contribution in [0.4, 0.5) is 10.1 Å². The first-order chi connectivity index (χ1) is 6.45. The van der Waals surface area contributed by atoms with Gasteiger partial charge in [0.2, 0.25) is 5.82 Å². The molecule has 0 spiro atoms. The van der Waals surface area contributed by atoms with Gasteiger partial charge in [-0.15, -0.1) is 0 Å². The lowest BCUT2D eigenvalue weighted by Crippen LogP contribution is -2.00. The number of nitro benzene ring substituents is 1. The third-order valence-electron chi connectivity index (χ3n) is 1.63. The first-order valence-electron chi connectivity index (χ1n) is 3.58. The largest absolute Gasteiger partial charge is 0.323 e. The zero-order valence-electron chi connectivity index (χ0n) is 7.08. The molecule has 74 valence electrons. The summed E-state index contributed by atoms with van der Waals surface area (Å²) < 4.78 is 12.9. The van der Waals surface area contributed by atoms with Crippen LogP contribution in [0.1, 0.15) is 17.3 Å². The van der Waals surface area contributed by atoms with Gasteiger partial charge in [0.15, 0.2) is 5.78 Å². The number of hydrogen-bond acceptors (Lipinski definition) is 3. The number of rotatable bonds is 2. The predicted octanol–water partition coefficient (Wildman–Crippen LogP) is 2.59. The summed E-state index contributed by atoms with van der Waals surface area (Å²) in [6.07, 6.45) is 0. The van der Waals surface area contributed by atoms with Crippen molar-refractivity contribution >= 4 is 23.1 Å². The van der Waals surface area contributed by atoms with Crippen molar-refractivity contribution in [2.45, 2.75) is 6.92 Å². The maximum absolute atomic E-state index is 12.9. The highest BCUT2D eigenvalue weighted by Crippen LogP contribution is 2.30. The van der Waals surface area contributed by atoms with Gasteiger partial charge in [0.1, 0.15) is 5.02 Å². The van der Waals surface area contributed by atoms with Crippen LogP contribution in [0.25, 0.3) is 0 Å². The van der Waals surface area contributed by atoms with E-state index in [2.05, 4.69) is 0 Å². The summed E-state index contributed by atoms with van der Waals surface area (Å²) in [7, 11) is 0. The van der Waals surface area contributed by atoms with Gasteiger partial charge >= 0.3 is 5.69 Å². The molecule has 0 radical (unpaired) electrons. The Bertz CT molecular complexity index is 419. The predicted molar refractivity (Wildman–Crippen MR) is 48.1 cm³/mol. The van der Waals surface area contributed by atoms with Crippen molar-refractivity contribution in [3.8, 4) is 0 Å². The number of nitro groups is 1. The molecule has 0 saturated heterocycles. The number of nitrogens with zero attached hydrogens (tertiary/aromatic N) is 1. The molecule has 1 aromatic rings. The van der Waals surface area contributed by atoms with Crippen molar-refractivity contribution in [1.82, 2.24) is 0 Å². The van der Waals surface area contributed by atoms with Crippen LogP contribution in [0.15, 0.2) is 12.1 Å². The van der Waals surface area contributed by atoms with E-state index in [1.165, 1.54) is 6.92 Å². The molecule has 0 aliphatic heterocycles. The summed E-state index contributed by atoms with van der Waals surface area (Å²) in [5, 5.41) is 9.93. The van der Waals surface area contributed by atoms with Crippen LogP contribution in [0.5, 0.6) is 0 Å². The van der Waals surface area contributed by atoms with Gasteiger partial charge in [0.05, 0.1) is 4.92 Å². The highest BCUT2D eigenvalue weighted by Gasteiger charge is 2.23. The van der Waals surface area contributed by atoms with E-state index in [0.717, 1.165) is 12.1 Å². The Morgan fingerprint density at radius 1 is 1.57 bits per heavy atom. The van der Waals surface area contributed by atoms with Crippen molar-refractivity contribution in [1.29, 1.82) is 0 Å². The molecule has 0 fully saturated rings. The molecule has 0 amide bonds. The maximum atomic E-state index is 12.9. The molecule has 0 saturated carbocycles. The van der Waals surface area contributed by atoms with Gasteiger partial charge in [0.25, 0.3) is 0 Å². The summed E-state index contributed by atoms with van der Waals surface area (Å²) in [5.74, 6) is -1.50. The quantitative estimate of drug-likeness (QED) is 0.435. The molecule has 0 aliphatic carbocycles. The lowest BCUT2D eigenvalue weighted by molar-refractivity contribution is -0.387. The number of halogens is 2. The zero-order chi connectivity index (χ0) is 10.9. The van der Waals surface area contributed by atoms with E-state index in [1.807, 2.05) is 0 Å². The van der Waals surface area contributed by atoms with Crippen molar-refractivity contribution in [2.24, 2.45) is 0 Å². The Morgan fingerprint density at radius 2 is 2.14 bits per heavy atom. The molecular weight excluding hydrogens is 213 g/mol. The normalized spacial score (nSPS) is 9.93. The van der Waals surface area contributed by atoms with Crippen LogP contribution in [0, 0.1) is 15.9 Å². The zero-order valence-corrected chi connectivity index (χ0v) is 7.84. The SMILES string of the molecule is CC(=O)c1ccc(F)c([N+](=O)[O-])c1Cl. The van der Waals surface area contributed by atoms with E-state index in [0.29, 0.717) is 0 Å². The van der Waals surface area contributed by atoms with Crippen LogP contribution in [0.2, 0.25) is 5.02 Å². The molecule has 4 nitrogen and oxygen atoms in total. The minimum atomic E-state index is -1.05. The van der Waals surface area contributed by atoms with E-state index >= 15 is 0 Å². The van der Waals surface area contributed by atoms with Crippen LogP contribution in [-0.4, -0.2) is 10.7 Å². The van der Waals surface area contributed by atoms with Crippen molar-refractivity contribution in [2.75, 3.05) is 0 Å². The molecule has 14 heavy (non-hydrogen) atoms. The smallest absolute Gasteiger partial charge is 0.294 e. The third kappa shape index (κ3) is 1.72. The average molecular weight is 218 g/mol. The van der Waals surface area contributed by atoms with Gasteiger partial charge in [-0.25, -0.2) is 0 Å². The highest BCUT2D eigenvalue weighted by molar-refractivity contribution is 6.35. The lowest BCUT2D eigenvalue weighted by Gasteiger charge is -2.01. The van der Waals surface area contributed by atoms with E-state index in [1.54, 1.807) is 0 Å². The van der Waals surface area contributed by atoms with Crippen LogP contribution < -0.4 is 0 Å². The van der Waals surface area contributed by atoms with Crippen molar-refractivity contribution in [3.63, 3.8) is 0 Å². The Kier molecular flexibility index (Phi) is 2.81. The van der Waals surface area contributed by atoms with Crippen molar-refractivity contribution in [3.05, 3.63) is 38.7 Å². The summed E-state index contributed by atoms with van der Waals surface area (Å²) in [6, 6.07) is 1.97. The summed E-state index contributed by atoms with van der Waals surface area (Å²) in [4.78, 5) is 20.4. The summed E-state index contributed by atoms with van der Waals surface area (Å²) in [5.41, 5.74) is -0.917. The van der Waals surface area contributed by atoms with Gasteiger partial charge < -0.3 is 0 Å². The van der Waals surface area contributed by atoms with Gasteiger partial charge in [-0.1, -0.05) is 11.6 Å². The molecule has 0 bridgehead atoms. The van der Waals surface area contributed by atoms with E-state index in [-0.39, 0.29) is 5.56 Å². The number of carbonyl (C=O) groups excluding carboxylic acids is 1. The highest BCUT2D eigenvalue weighted by atomic mass is 35.5.